The quantitative estimate of drug-likeness (QED) is 0.578. The summed E-state index contributed by atoms with van der Waals surface area (Å²) in [6.45, 7) is 4.93. The summed E-state index contributed by atoms with van der Waals surface area (Å²) >= 11 is 0. The molecule has 0 saturated carbocycles. The molecule has 2 rings (SSSR count). The lowest BCUT2D eigenvalue weighted by atomic mass is 10.3. The highest BCUT2D eigenvalue weighted by Crippen LogP contribution is 2.05. The highest BCUT2D eigenvalue weighted by molar-refractivity contribution is 5.78. The zero-order chi connectivity index (χ0) is 12.3. The van der Waals surface area contributed by atoms with Crippen LogP contribution in [0, 0.1) is 0 Å². The molecule has 1 aromatic heterocycles. The maximum Gasteiger partial charge on any atom is 0.191 e. The van der Waals surface area contributed by atoms with E-state index in [1.165, 1.54) is 0 Å². The van der Waals surface area contributed by atoms with Gasteiger partial charge in [0.15, 0.2) is 5.96 Å². The molecule has 1 saturated heterocycles. The number of hydrogen-bond acceptors (Lipinski definition) is 3. The third-order valence-corrected chi connectivity index (χ3v) is 2.89. The molecule has 0 spiro atoms. The molecule has 1 unspecified atom stereocenters. The standard InChI is InChI=1S/C11H19N5O/c1-9-8-16(5-6-17-9)11(12)13-7-10-3-4-14-15(10)2/h3-4,9H,5-8H2,1-2H3,(H2,12,13). The van der Waals surface area contributed by atoms with Crippen LogP contribution >= 0.6 is 0 Å². The Morgan fingerprint density at radius 1 is 1.71 bits per heavy atom. The van der Waals surface area contributed by atoms with E-state index in [1.807, 2.05) is 20.0 Å². The van der Waals surface area contributed by atoms with Crippen molar-refractivity contribution in [3.63, 3.8) is 0 Å². The summed E-state index contributed by atoms with van der Waals surface area (Å²) in [6.07, 6.45) is 1.98. The minimum atomic E-state index is 0.217. The summed E-state index contributed by atoms with van der Waals surface area (Å²) in [5, 5.41) is 4.09. The fourth-order valence-electron chi connectivity index (χ4n) is 1.84. The number of aliphatic imine (C=N–C) groups is 1. The zero-order valence-corrected chi connectivity index (χ0v) is 10.3. The van der Waals surface area contributed by atoms with E-state index in [4.69, 9.17) is 10.5 Å². The Bertz CT molecular complexity index is 400. The van der Waals surface area contributed by atoms with Crippen LogP contribution in [-0.2, 0) is 18.3 Å². The molecule has 1 fully saturated rings. The van der Waals surface area contributed by atoms with Gasteiger partial charge in [0.2, 0.25) is 0 Å². The van der Waals surface area contributed by atoms with Crippen molar-refractivity contribution < 1.29 is 4.74 Å². The van der Waals surface area contributed by atoms with Crippen LogP contribution in [-0.4, -0.2) is 46.4 Å². The number of nitrogens with two attached hydrogens (primary N) is 1. The average molecular weight is 237 g/mol. The van der Waals surface area contributed by atoms with Crippen molar-refractivity contribution in [3.05, 3.63) is 18.0 Å². The van der Waals surface area contributed by atoms with E-state index in [9.17, 15) is 0 Å². The van der Waals surface area contributed by atoms with E-state index in [-0.39, 0.29) is 6.10 Å². The summed E-state index contributed by atoms with van der Waals surface area (Å²) in [6, 6.07) is 1.94. The molecule has 0 aromatic carbocycles. The van der Waals surface area contributed by atoms with E-state index in [1.54, 1.807) is 10.9 Å². The lowest BCUT2D eigenvalue weighted by molar-refractivity contribution is 0.00528. The van der Waals surface area contributed by atoms with E-state index < -0.39 is 0 Å². The van der Waals surface area contributed by atoms with Gasteiger partial charge >= 0.3 is 0 Å². The van der Waals surface area contributed by atoms with Crippen molar-refractivity contribution >= 4 is 5.96 Å². The first-order valence-corrected chi connectivity index (χ1v) is 5.80. The van der Waals surface area contributed by atoms with Gasteiger partial charge < -0.3 is 15.4 Å². The van der Waals surface area contributed by atoms with Crippen LogP contribution in [0.25, 0.3) is 0 Å². The van der Waals surface area contributed by atoms with Crippen LogP contribution in [0.5, 0.6) is 0 Å². The number of guanidine groups is 1. The van der Waals surface area contributed by atoms with Crippen LogP contribution in [0.2, 0.25) is 0 Å². The number of ether oxygens (including phenoxy) is 1. The predicted molar refractivity (Wildman–Crippen MR) is 65.5 cm³/mol. The summed E-state index contributed by atoms with van der Waals surface area (Å²) in [5.41, 5.74) is 7.02. The maximum absolute atomic E-state index is 5.97. The Morgan fingerprint density at radius 3 is 3.18 bits per heavy atom. The molecule has 0 aliphatic carbocycles. The van der Waals surface area contributed by atoms with Gasteiger partial charge in [-0.05, 0) is 13.0 Å². The molecule has 0 radical (unpaired) electrons. The monoisotopic (exact) mass is 237 g/mol. The minimum Gasteiger partial charge on any atom is -0.375 e. The van der Waals surface area contributed by atoms with Crippen molar-refractivity contribution in [2.45, 2.75) is 19.6 Å². The molecule has 1 aliphatic rings. The van der Waals surface area contributed by atoms with E-state index in [2.05, 4.69) is 15.0 Å². The van der Waals surface area contributed by atoms with Gasteiger partial charge in [-0.25, -0.2) is 4.99 Å². The van der Waals surface area contributed by atoms with Gasteiger partial charge in [-0.15, -0.1) is 0 Å². The third kappa shape index (κ3) is 2.97. The first-order valence-electron chi connectivity index (χ1n) is 5.80. The topological polar surface area (TPSA) is 68.7 Å². The number of aryl methyl sites for hydroxylation is 1. The molecule has 6 nitrogen and oxygen atoms in total. The van der Waals surface area contributed by atoms with Crippen molar-refractivity contribution in [3.8, 4) is 0 Å². The van der Waals surface area contributed by atoms with Crippen LogP contribution in [0.3, 0.4) is 0 Å². The lowest BCUT2D eigenvalue weighted by Gasteiger charge is -2.31. The average Bonchev–Trinajstić information content (AvgIpc) is 2.72. The molecule has 2 heterocycles. The van der Waals surface area contributed by atoms with Gasteiger partial charge in [0, 0.05) is 26.3 Å². The van der Waals surface area contributed by atoms with Crippen LogP contribution in [0.4, 0.5) is 0 Å². The summed E-state index contributed by atoms with van der Waals surface area (Å²) in [7, 11) is 1.90. The van der Waals surface area contributed by atoms with Gasteiger partial charge in [-0.2, -0.15) is 5.10 Å². The summed E-state index contributed by atoms with van der Waals surface area (Å²) in [4.78, 5) is 6.45. The normalized spacial score (nSPS) is 21.9. The minimum absolute atomic E-state index is 0.217. The molecule has 2 N–H and O–H groups in total. The summed E-state index contributed by atoms with van der Waals surface area (Å²) < 4.78 is 7.27. The SMILES string of the molecule is CC1CN(C(N)=NCc2ccnn2C)CCO1. The fourth-order valence-corrected chi connectivity index (χ4v) is 1.84. The second kappa shape index (κ2) is 5.18. The Hall–Kier alpha value is -1.56. The van der Waals surface area contributed by atoms with Gasteiger partial charge in [0.1, 0.15) is 0 Å². The number of morpholine rings is 1. The zero-order valence-electron chi connectivity index (χ0n) is 10.3. The Balaban J connectivity index is 1.95. The molecule has 1 atom stereocenters. The number of aromatic nitrogens is 2. The Kier molecular flexibility index (Phi) is 3.63. The Labute approximate surface area is 101 Å². The third-order valence-electron chi connectivity index (χ3n) is 2.89. The molecular formula is C11H19N5O. The van der Waals surface area contributed by atoms with Crippen molar-refractivity contribution in [2.75, 3.05) is 19.7 Å². The second-order valence-corrected chi connectivity index (χ2v) is 4.25. The first-order chi connectivity index (χ1) is 8.16. The molecule has 0 bridgehead atoms. The van der Waals surface area contributed by atoms with Crippen molar-refractivity contribution in [1.29, 1.82) is 0 Å². The smallest absolute Gasteiger partial charge is 0.191 e. The van der Waals surface area contributed by atoms with Gasteiger partial charge in [-0.1, -0.05) is 0 Å². The maximum atomic E-state index is 5.97. The van der Waals surface area contributed by atoms with Gasteiger partial charge in [0.25, 0.3) is 0 Å². The molecule has 17 heavy (non-hydrogen) atoms. The fraction of sp³-hybridized carbons (Fsp3) is 0.636. The number of nitrogens with zero attached hydrogens (tertiary/aromatic N) is 4. The largest absolute Gasteiger partial charge is 0.375 e. The highest BCUT2D eigenvalue weighted by Gasteiger charge is 2.17. The van der Waals surface area contributed by atoms with Gasteiger partial charge in [0.05, 0.1) is 24.9 Å². The second-order valence-electron chi connectivity index (χ2n) is 4.25. The summed E-state index contributed by atoms with van der Waals surface area (Å²) in [5.74, 6) is 0.585. The lowest BCUT2D eigenvalue weighted by Crippen LogP contribution is -2.47. The van der Waals surface area contributed by atoms with Crippen molar-refractivity contribution in [2.24, 2.45) is 17.8 Å². The van der Waals surface area contributed by atoms with E-state index in [0.717, 1.165) is 18.8 Å². The van der Waals surface area contributed by atoms with E-state index >= 15 is 0 Å². The van der Waals surface area contributed by atoms with Crippen molar-refractivity contribution in [1.82, 2.24) is 14.7 Å². The molecular weight excluding hydrogens is 218 g/mol. The van der Waals surface area contributed by atoms with Crippen LogP contribution < -0.4 is 5.73 Å². The predicted octanol–water partition coefficient (Wildman–Crippen LogP) is -0.0445. The molecule has 1 aliphatic heterocycles. The number of rotatable bonds is 2. The van der Waals surface area contributed by atoms with Gasteiger partial charge in [-0.3, -0.25) is 4.68 Å². The molecule has 0 amide bonds. The van der Waals surface area contributed by atoms with E-state index in [0.29, 0.717) is 19.1 Å². The van der Waals surface area contributed by atoms with Crippen LogP contribution in [0.1, 0.15) is 12.6 Å². The molecule has 1 aromatic rings. The molecule has 94 valence electrons. The number of hydrogen-bond donors (Lipinski definition) is 1. The Morgan fingerprint density at radius 2 is 2.53 bits per heavy atom. The molecule has 6 heteroatoms. The highest BCUT2D eigenvalue weighted by atomic mass is 16.5. The van der Waals surface area contributed by atoms with Crippen LogP contribution in [0.15, 0.2) is 17.3 Å². The first kappa shape index (κ1) is 11.9.